The van der Waals surface area contributed by atoms with Gasteiger partial charge in [-0.25, -0.2) is 0 Å². The molecule has 4 heteroatoms. The van der Waals surface area contributed by atoms with Gasteiger partial charge in [0.25, 0.3) is 0 Å². The SMILES string of the molecule is COc1c(C(C)(C)C)cc2c(c1-c1cc(C)cc(C)c1)C=C(C)[CH]2.[Cl][Zr][Cl]. The van der Waals surface area contributed by atoms with Crippen molar-refractivity contribution in [2.45, 2.75) is 47.0 Å². The third-order valence-corrected chi connectivity index (χ3v) is 4.63. The first-order valence-corrected chi connectivity index (χ1v) is 15.3. The van der Waals surface area contributed by atoms with Gasteiger partial charge in [0.2, 0.25) is 0 Å². The Labute approximate surface area is 182 Å². The molecular formula is C23H27Cl2OZr. The van der Waals surface area contributed by atoms with Gasteiger partial charge in [0.15, 0.2) is 0 Å². The van der Waals surface area contributed by atoms with Gasteiger partial charge in [-0.3, -0.25) is 0 Å². The fourth-order valence-corrected chi connectivity index (χ4v) is 3.66. The third kappa shape index (κ3) is 5.28. The average Bonchev–Trinajstić information content (AvgIpc) is 2.91. The van der Waals surface area contributed by atoms with Crippen LogP contribution < -0.4 is 4.74 Å². The van der Waals surface area contributed by atoms with Gasteiger partial charge in [-0.05, 0) is 42.9 Å². The van der Waals surface area contributed by atoms with E-state index >= 15 is 0 Å². The van der Waals surface area contributed by atoms with Crippen LogP contribution in [-0.4, -0.2) is 7.11 Å². The monoisotopic (exact) mass is 479 g/mol. The van der Waals surface area contributed by atoms with Crippen LogP contribution in [0, 0.1) is 20.3 Å². The van der Waals surface area contributed by atoms with E-state index in [-0.39, 0.29) is 5.41 Å². The molecule has 3 rings (SSSR count). The maximum atomic E-state index is 5.95. The van der Waals surface area contributed by atoms with E-state index in [4.69, 9.17) is 21.8 Å². The van der Waals surface area contributed by atoms with Crippen molar-refractivity contribution in [1.82, 2.24) is 0 Å². The van der Waals surface area contributed by atoms with E-state index in [0.29, 0.717) is 0 Å². The molecule has 0 saturated carbocycles. The second-order valence-corrected chi connectivity index (χ2v) is 11.8. The summed E-state index contributed by atoms with van der Waals surface area (Å²) in [6, 6.07) is 9.04. The zero-order valence-electron chi connectivity index (χ0n) is 17.1. The first-order chi connectivity index (χ1) is 12.6. The number of benzene rings is 2. The van der Waals surface area contributed by atoms with Crippen LogP contribution in [0.2, 0.25) is 0 Å². The van der Waals surface area contributed by atoms with E-state index in [1.165, 1.54) is 44.5 Å². The number of methoxy groups -OCH3 is 1. The average molecular weight is 482 g/mol. The van der Waals surface area contributed by atoms with Crippen molar-refractivity contribution in [2.24, 2.45) is 0 Å². The van der Waals surface area contributed by atoms with Crippen LogP contribution in [0.4, 0.5) is 0 Å². The molecule has 0 aromatic heterocycles. The Kier molecular flexibility index (Phi) is 7.82. The van der Waals surface area contributed by atoms with Crippen LogP contribution in [-0.2, 0) is 26.3 Å². The number of fused-ring (bicyclic) bond motifs is 1. The first-order valence-electron chi connectivity index (χ1n) is 8.95. The Morgan fingerprint density at radius 3 is 1.96 bits per heavy atom. The summed E-state index contributed by atoms with van der Waals surface area (Å²) < 4.78 is 5.95. The quantitative estimate of drug-likeness (QED) is 0.429. The van der Waals surface area contributed by atoms with Gasteiger partial charge in [0.05, 0.1) is 7.11 Å². The number of ether oxygens (including phenoxy) is 1. The van der Waals surface area contributed by atoms with Crippen molar-refractivity contribution < 1.29 is 25.6 Å². The summed E-state index contributed by atoms with van der Waals surface area (Å²) >= 11 is -0.826. The molecule has 143 valence electrons. The minimum absolute atomic E-state index is 0.0261. The predicted octanol–water partition coefficient (Wildman–Crippen LogP) is 7.62. The molecule has 0 aliphatic heterocycles. The van der Waals surface area contributed by atoms with Crippen molar-refractivity contribution >= 4 is 23.1 Å². The molecule has 0 saturated heterocycles. The summed E-state index contributed by atoms with van der Waals surface area (Å²) in [5.74, 6) is 1.01. The molecule has 0 N–H and O–H groups in total. The molecule has 1 nitrogen and oxygen atoms in total. The predicted molar refractivity (Wildman–Crippen MR) is 115 cm³/mol. The topological polar surface area (TPSA) is 9.23 Å². The molecule has 0 fully saturated rings. The Balaban J connectivity index is 0.000000817. The Morgan fingerprint density at radius 2 is 1.48 bits per heavy atom. The van der Waals surface area contributed by atoms with Crippen molar-refractivity contribution in [3.05, 3.63) is 64.1 Å². The number of aryl methyl sites for hydroxylation is 2. The van der Waals surface area contributed by atoms with Crippen LogP contribution in [0.1, 0.15) is 55.5 Å². The molecular weight excluding hydrogens is 454 g/mol. The van der Waals surface area contributed by atoms with Crippen molar-refractivity contribution in [2.75, 3.05) is 7.11 Å². The third-order valence-electron chi connectivity index (χ3n) is 4.63. The van der Waals surface area contributed by atoms with E-state index in [1.54, 1.807) is 7.11 Å². The fourth-order valence-electron chi connectivity index (χ4n) is 3.66. The van der Waals surface area contributed by atoms with Crippen LogP contribution in [0.25, 0.3) is 17.2 Å². The minimum atomic E-state index is -0.826. The molecule has 1 aliphatic rings. The summed E-state index contributed by atoms with van der Waals surface area (Å²) in [6.45, 7) is 13.2. The van der Waals surface area contributed by atoms with Crippen LogP contribution in [0.5, 0.6) is 5.75 Å². The molecule has 1 aliphatic carbocycles. The van der Waals surface area contributed by atoms with Crippen molar-refractivity contribution in [3.8, 4) is 16.9 Å². The normalized spacial score (nSPS) is 12.7. The molecule has 2 aromatic carbocycles. The molecule has 0 spiro atoms. The number of hydrogen-bond acceptors (Lipinski definition) is 1. The Hall–Kier alpha value is -0.557. The molecule has 2 aromatic rings. The van der Waals surface area contributed by atoms with Crippen LogP contribution >= 0.6 is 17.0 Å². The molecule has 0 bridgehead atoms. The summed E-state index contributed by atoms with van der Waals surface area (Å²) in [5.41, 5.74) is 10.2. The second kappa shape index (κ2) is 9.29. The summed E-state index contributed by atoms with van der Waals surface area (Å²) in [5, 5.41) is 0. The van der Waals surface area contributed by atoms with Gasteiger partial charge < -0.3 is 4.74 Å². The van der Waals surface area contributed by atoms with Gasteiger partial charge in [-0.15, -0.1) is 0 Å². The van der Waals surface area contributed by atoms with Crippen molar-refractivity contribution in [3.63, 3.8) is 0 Å². The molecule has 0 amide bonds. The number of hydrogen-bond donors (Lipinski definition) is 0. The van der Waals surface area contributed by atoms with E-state index < -0.39 is 20.8 Å². The van der Waals surface area contributed by atoms with Gasteiger partial charge in [0, 0.05) is 17.5 Å². The van der Waals surface area contributed by atoms with Crippen LogP contribution in [0.3, 0.4) is 0 Å². The standard InChI is InChI=1S/C23H27O.2ClH.Zr/c1-14-8-15(2)11-18(10-14)21-19-12-16(3)9-17(19)13-20(22(21)24-7)23(4,5)6;;;/h8-13H,1-7H3;2*1H;/q;;;+2/p-2. The van der Waals surface area contributed by atoms with E-state index in [9.17, 15) is 0 Å². The molecule has 1 radical (unpaired) electrons. The van der Waals surface area contributed by atoms with Gasteiger partial charge in [-0.1, -0.05) is 67.8 Å². The molecule has 27 heavy (non-hydrogen) atoms. The zero-order chi connectivity index (χ0) is 20.4. The summed E-state index contributed by atoms with van der Waals surface area (Å²) in [4.78, 5) is 0. The van der Waals surface area contributed by atoms with Gasteiger partial charge >= 0.3 is 37.9 Å². The van der Waals surface area contributed by atoms with E-state index in [2.05, 4.69) is 78.3 Å². The number of halogens is 2. The zero-order valence-corrected chi connectivity index (χ0v) is 21.1. The van der Waals surface area contributed by atoms with Gasteiger partial charge in [-0.2, -0.15) is 0 Å². The Morgan fingerprint density at radius 1 is 0.926 bits per heavy atom. The fraction of sp³-hybridized carbons (Fsp3) is 0.348. The number of allylic oxidation sites excluding steroid dienone is 1. The van der Waals surface area contributed by atoms with Gasteiger partial charge in [0.1, 0.15) is 5.75 Å². The molecule has 0 unspecified atom stereocenters. The Bertz CT molecular complexity index is 843. The number of rotatable bonds is 2. The molecule has 0 atom stereocenters. The first kappa shape index (κ1) is 22.7. The van der Waals surface area contributed by atoms with Crippen LogP contribution in [0.15, 0.2) is 29.8 Å². The van der Waals surface area contributed by atoms with E-state index in [1.807, 2.05) is 0 Å². The van der Waals surface area contributed by atoms with E-state index in [0.717, 1.165) is 5.75 Å². The maximum absolute atomic E-state index is 5.95. The summed E-state index contributed by atoms with van der Waals surface area (Å²) in [6.07, 6.45) is 4.55. The summed E-state index contributed by atoms with van der Waals surface area (Å²) in [7, 11) is 11.7. The van der Waals surface area contributed by atoms with Crippen molar-refractivity contribution in [1.29, 1.82) is 0 Å². The second-order valence-electron chi connectivity index (χ2n) is 8.07. The molecule has 0 heterocycles.